The molecule has 0 amide bonds. The molecule has 0 atom stereocenters. The second-order valence-corrected chi connectivity index (χ2v) is 3.94. The molecule has 0 bridgehead atoms. The Balaban J connectivity index is 2.03. The Morgan fingerprint density at radius 2 is 1.65 bits per heavy atom. The number of rotatable bonds is 4. The standard InChI is InChI=1S/C13H15N3O/c1-10(2)17-13-5-3-11(4-6-13)16-12-7-14-9-15-8-12/h3-10,16H,1-2H3. The lowest BCUT2D eigenvalue weighted by Gasteiger charge is -2.10. The highest BCUT2D eigenvalue weighted by Crippen LogP contribution is 2.19. The van der Waals surface area contributed by atoms with Crippen LogP contribution in [0.4, 0.5) is 11.4 Å². The summed E-state index contributed by atoms with van der Waals surface area (Å²) >= 11 is 0. The summed E-state index contributed by atoms with van der Waals surface area (Å²) < 4.78 is 5.57. The van der Waals surface area contributed by atoms with E-state index in [-0.39, 0.29) is 6.10 Å². The predicted molar refractivity (Wildman–Crippen MR) is 67.5 cm³/mol. The summed E-state index contributed by atoms with van der Waals surface area (Å²) in [6.07, 6.45) is 5.15. The molecule has 4 heteroatoms. The van der Waals surface area contributed by atoms with Crippen LogP contribution in [0.5, 0.6) is 5.75 Å². The van der Waals surface area contributed by atoms with E-state index in [9.17, 15) is 0 Å². The number of nitrogens with one attached hydrogen (secondary N) is 1. The van der Waals surface area contributed by atoms with E-state index in [0.29, 0.717) is 0 Å². The van der Waals surface area contributed by atoms with Gasteiger partial charge in [0.25, 0.3) is 0 Å². The second kappa shape index (κ2) is 5.30. The van der Waals surface area contributed by atoms with Gasteiger partial charge in [-0.2, -0.15) is 0 Å². The molecule has 0 aliphatic rings. The van der Waals surface area contributed by atoms with Crippen molar-refractivity contribution in [2.75, 3.05) is 5.32 Å². The first-order valence-electron chi connectivity index (χ1n) is 5.53. The Morgan fingerprint density at radius 3 is 2.24 bits per heavy atom. The highest BCUT2D eigenvalue weighted by atomic mass is 16.5. The van der Waals surface area contributed by atoms with Crippen LogP contribution in [0.2, 0.25) is 0 Å². The molecule has 4 nitrogen and oxygen atoms in total. The molecule has 1 aromatic carbocycles. The summed E-state index contributed by atoms with van der Waals surface area (Å²) in [6.45, 7) is 4.01. The lowest BCUT2D eigenvalue weighted by Crippen LogP contribution is -2.05. The van der Waals surface area contributed by atoms with Gasteiger partial charge >= 0.3 is 0 Å². The molecule has 1 heterocycles. The minimum absolute atomic E-state index is 0.191. The van der Waals surface area contributed by atoms with Gasteiger partial charge in [-0.05, 0) is 38.1 Å². The van der Waals surface area contributed by atoms with Crippen molar-refractivity contribution in [1.29, 1.82) is 0 Å². The fraction of sp³-hybridized carbons (Fsp3) is 0.231. The summed E-state index contributed by atoms with van der Waals surface area (Å²) in [6, 6.07) is 7.80. The van der Waals surface area contributed by atoms with Gasteiger partial charge in [0.1, 0.15) is 12.1 Å². The Bertz CT molecular complexity index is 454. The largest absolute Gasteiger partial charge is 0.491 e. The highest BCUT2D eigenvalue weighted by Gasteiger charge is 1.98. The molecule has 0 saturated heterocycles. The highest BCUT2D eigenvalue weighted by molar-refractivity contribution is 5.58. The van der Waals surface area contributed by atoms with Gasteiger partial charge in [0.05, 0.1) is 24.2 Å². The van der Waals surface area contributed by atoms with Crippen LogP contribution in [0.1, 0.15) is 13.8 Å². The Labute approximate surface area is 101 Å². The predicted octanol–water partition coefficient (Wildman–Crippen LogP) is 3.01. The lowest BCUT2D eigenvalue weighted by atomic mass is 10.3. The van der Waals surface area contributed by atoms with E-state index in [2.05, 4.69) is 15.3 Å². The zero-order valence-electron chi connectivity index (χ0n) is 9.92. The zero-order valence-corrected chi connectivity index (χ0v) is 9.92. The first kappa shape index (κ1) is 11.4. The van der Waals surface area contributed by atoms with Crippen LogP contribution in [-0.2, 0) is 0 Å². The first-order valence-corrected chi connectivity index (χ1v) is 5.53. The molecule has 17 heavy (non-hydrogen) atoms. The van der Waals surface area contributed by atoms with Crippen molar-refractivity contribution in [3.8, 4) is 5.75 Å². The number of nitrogens with zero attached hydrogens (tertiary/aromatic N) is 2. The van der Waals surface area contributed by atoms with Gasteiger partial charge in [-0.25, -0.2) is 9.97 Å². The fourth-order valence-electron chi connectivity index (χ4n) is 1.42. The quantitative estimate of drug-likeness (QED) is 0.875. The van der Waals surface area contributed by atoms with Crippen LogP contribution in [0.15, 0.2) is 43.0 Å². The van der Waals surface area contributed by atoms with E-state index in [1.165, 1.54) is 6.33 Å². The summed E-state index contributed by atoms with van der Waals surface area (Å²) in [7, 11) is 0. The Hall–Kier alpha value is -2.10. The third-order valence-electron chi connectivity index (χ3n) is 2.08. The molecular formula is C13H15N3O. The molecule has 0 saturated carbocycles. The van der Waals surface area contributed by atoms with Gasteiger partial charge in [0, 0.05) is 5.69 Å². The maximum absolute atomic E-state index is 5.57. The summed E-state index contributed by atoms with van der Waals surface area (Å²) in [5.74, 6) is 0.870. The van der Waals surface area contributed by atoms with E-state index >= 15 is 0 Å². The molecule has 0 aliphatic carbocycles. The van der Waals surface area contributed by atoms with E-state index in [4.69, 9.17) is 4.74 Å². The number of anilines is 2. The monoisotopic (exact) mass is 229 g/mol. The van der Waals surface area contributed by atoms with Gasteiger partial charge in [-0.1, -0.05) is 0 Å². The molecule has 1 N–H and O–H groups in total. The van der Waals surface area contributed by atoms with Crippen molar-refractivity contribution >= 4 is 11.4 Å². The summed E-state index contributed by atoms with van der Waals surface area (Å²) in [5.41, 5.74) is 1.85. The van der Waals surface area contributed by atoms with Crippen LogP contribution in [0.3, 0.4) is 0 Å². The van der Waals surface area contributed by atoms with Crippen molar-refractivity contribution in [3.05, 3.63) is 43.0 Å². The minimum Gasteiger partial charge on any atom is -0.491 e. The molecule has 2 aromatic rings. The number of hydrogen-bond acceptors (Lipinski definition) is 4. The third kappa shape index (κ3) is 3.45. The summed E-state index contributed by atoms with van der Waals surface area (Å²) in [4.78, 5) is 7.88. The molecule has 0 unspecified atom stereocenters. The maximum atomic E-state index is 5.57. The molecule has 0 spiro atoms. The molecule has 0 fully saturated rings. The van der Waals surface area contributed by atoms with E-state index in [0.717, 1.165) is 17.1 Å². The number of hydrogen-bond donors (Lipinski definition) is 1. The van der Waals surface area contributed by atoms with Crippen molar-refractivity contribution in [2.24, 2.45) is 0 Å². The van der Waals surface area contributed by atoms with Crippen LogP contribution < -0.4 is 10.1 Å². The Morgan fingerprint density at radius 1 is 1.00 bits per heavy atom. The molecule has 88 valence electrons. The van der Waals surface area contributed by atoms with E-state index in [1.54, 1.807) is 12.4 Å². The van der Waals surface area contributed by atoms with Gasteiger partial charge in [-0.3, -0.25) is 0 Å². The molecule has 2 rings (SSSR count). The minimum atomic E-state index is 0.191. The average molecular weight is 229 g/mol. The van der Waals surface area contributed by atoms with Gasteiger partial charge in [0.2, 0.25) is 0 Å². The zero-order chi connectivity index (χ0) is 12.1. The van der Waals surface area contributed by atoms with Crippen molar-refractivity contribution in [1.82, 2.24) is 9.97 Å². The normalized spacial score (nSPS) is 10.3. The Kier molecular flexibility index (Phi) is 3.55. The summed E-state index contributed by atoms with van der Waals surface area (Å²) in [5, 5.41) is 3.20. The number of ether oxygens (including phenoxy) is 1. The maximum Gasteiger partial charge on any atom is 0.119 e. The van der Waals surface area contributed by atoms with Gasteiger partial charge in [-0.15, -0.1) is 0 Å². The lowest BCUT2D eigenvalue weighted by molar-refractivity contribution is 0.242. The van der Waals surface area contributed by atoms with Gasteiger partial charge < -0.3 is 10.1 Å². The van der Waals surface area contributed by atoms with Crippen molar-refractivity contribution in [2.45, 2.75) is 20.0 Å². The number of aromatic nitrogens is 2. The molecule has 0 aliphatic heterocycles. The SMILES string of the molecule is CC(C)Oc1ccc(Nc2cncnc2)cc1. The van der Waals surface area contributed by atoms with Crippen LogP contribution in [0.25, 0.3) is 0 Å². The fourth-order valence-corrected chi connectivity index (χ4v) is 1.42. The third-order valence-corrected chi connectivity index (χ3v) is 2.08. The van der Waals surface area contributed by atoms with Crippen molar-refractivity contribution in [3.63, 3.8) is 0 Å². The van der Waals surface area contributed by atoms with Crippen molar-refractivity contribution < 1.29 is 4.74 Å². The smallest absolute Gasteiger partial charge is 0.119 e. The van der Waals surface area contributed by atoms with Crippen LogP contribution >= 0.6 is 0 Å². The van der Waals surface area contributed by atoms with Crippen LogP contribution in [-0.4, -0.2) is 16.1 Å². The topological polar surface area (TPSA) is 47.0 Å². The molecule has 1 aromatic heterocycles. The molecule has 0 radical (unpaired) electrons. The molecular weight excluding hydrogens is 214 g/mol. The average Bonchev–Trinajstić information content (AvgIpc) is 2.32. The van der Waals surface area contributed by atoms with Gasteiger partial charge in [0.15, 0.2) is 0 Å². The second-order valence-electron chi connectivity index (χ2n) is 3.94. The van der Waals surface area contributed by atoms with Crippen LogP contribution in [0, 0.1) is 0 Å². The van der Waals surface area contributed by atoms with E-state index < -0.39 is 0 Å². The number of benzene rings is 1. The first-order chi connectivity index (χ1) is 8.24. The van der Waals surface area contributed by atoms with E-state index in [1.807, 2.05) is 38.1 Å².